The molecular weight excluding hydrogens is 359 g/mol. The molecule has 2 aromatic carbocycles. The number of nitrogens with zero attached hydrogens (tertiary/aromatic N) is 1. The van der Waals surface area contributed by atoms with E-state index in [0.29, 0.717) is 17.9 Å². The molecule has 140 valence electrons. The summed E-state index contributed by atoms with van der Waals surface area (Å²) in [6, 6.07) is 12.2. The highest BCUT2D eigenvalue weighted by atomic mass is 32.2. The third-order valence-electron chi connectivity index (χ3n) is 3.77. The van der Waals surface area contributed by atoms with Crippen molar-refractivity contribution in [2.45, 2.75) is 19.4 Å². The van der Waals surface area contributed by atoms with Gasteiger partial charge in [0.25, 0.3) is 5.91 Å². The zero-order chi connectivity index (χ0) is 19.3. The van der Waals surface area contributed by atoms with Crippen molar-refractivity contribution in [1.82, 2.24) is 0 Å². The number of halogens is 1. The average molecular weight is 380 g/mol. The summed E-state index contributed by atoms with van der Waals surface area (Å²) in [5.41, 5.74) is 0.563. The fourth-order valence-electron chi connectivity index (χ4n) is 2.19. The van der Waals surface area contributed by atoms with Crippen molar-refractivity contribution in [3.8, 4) is 5.75 Å². The highest BCUT2D eigenvalue weighted by Gasteiger charge is 2.20. The van der Waals surface area contributed by atoms with Crippen LogP contribution in [0.15, 0.2) is 48.5 Å². The van der Waals surface area contributed by atoms with Gasteiger partial charge in [-0.25, -0.2) is 12.8 Å². The molecule has 1 amide bonds. The van der Waals surface area contributed by atoms with Crippen LogP contribution in [0.3, 0.4) is 0 Å². The molecule has 0 aliphatic heterocycles. The van der Waals surface area contributed by atoms with Gasteiger partial charge in [-0.2, -0.15) is 0 Å². The van der Waals surface area contributed by atoms with E-state index in [-0.39, 0.29) is 5.69 Å². The van der Waals surface area contributed by atoms with E-state index in [1.54, 1.807) is 37.3 Å². The fourth-order valence-corrected chi connectivity index (χ4v) is 2.69. The molecule has 2 aromatic rings. The van der Waals surface area contributed by atoms with Crippen molar-refractivity contribution >= 4 is 27.3 Å². The van der Waals surface area contributed by atoms with Gasteiger partial charge in [-0.05, 0) is 42.8 Å². The highest BCUT2D eigenvalue weighted by molar-refractivity contribution is 7.92. The quantitative estimate of drug-likeness (QED) is 0.801. The Hall–Kier alpha value is -2.61. The monoisotopic (exact) mass is 380 g/mol. The van der Waals surface area contributed by atoms with E-state index in [2.05, 4.69) is 5.32 Å². The van der Waals surface area contributed by atoms with Gasteiger partial charge in [0, 0.05) is 7.05 Å². The van der Waals surface area contributed by atoms with E-state index in [1.165, 1.54) is 25.2 Å². The average Bonchev–Trinajstić information content (AvgIpc) is 2.60. The lowest BCUT2D eigenvalue weighted by Crippen LogP contribution is -2.32. The Kier molecular flexibility index (Phi) is 6.20. The third kappa shape index (κ3) is 4.95. The Bertz CT molecular complexity index is 869. The lowest BCUT2D eigenvalue weighted by atomic mass is 10.2. The molecule has 0 aliphatic rings. The van der Waals surface area contributed by atoms with Crippen LogP contribution in [-0.4, -0.2) is 33.7 Å². The zero-order valence-electron chi connectivity index (χ0n) is 14.8. The van der Waals surface area contributed by atoms with Gasteiger partial charge in [0.2, 0.25) is 10.0 Å². The summed E-state index contributed by atoms with van der Waals surface area (Å²) in [6.07, 6.45) is 0.677. The van der Waals surface area contributed by atoms with Gasteiger partial charge < -0.3 is 10.1 Å². The summed E-state index contributed by atoms with van der Waals surface area (Å²) in [5, 5.41) is 2.50. The van der Waals surface area contributed by atoms with Gasteiger partial charge in [0.1, 0.15) is 11.6 Å². The lowest BCUT2D eigenvalue weighted by Gasteiger charge is -2.19. The molecule has 1 atom stereocenters. The molecule has 0 aromatic heterocycles. The van der Waals surface area contributed by atoms with Gasteiger partial charge in [0.15, 0.2) is 6.10 Å². The van der Waals surface area contributed by atoms with Crippen LogP contribution < -0.4 is 14.4 Å². The standard InChI is InChI=1S/C18H21FN2O4S/c1-4-17(18(22)20-16-8-6-5-7-15(16)19)25-14-11-9-13(10-12-14)21(2)26(3,23)24/h5-12,17H,4H2,1-3H3,(H,20,22)/t17-/m0/s1. The first-order valence-corrected chi connectivity index (χ1v) is 9.83. The van der Waals surface area contributed by atoms with Crippen LogP contribution in [0, 0.1) is 5.82 Å². The van der Waals surface area contributed by atoms with Gasteiger partial charge >= 0.3 is 0 Å². The predicted octanol–water partition coefficient (Wildman–Crippen LogP) is 3.02. The Labute approximate surface area is 152 Å². The fraction of sp³-hybridized carbons (Fsp3) is 0.278. The molecule has 0 unspecified atom stereocenters. The van der Waals surface area contributed by atoms with E-state index in [9.17, 15) is 17.6 Å². The Morgan fingerprint density at radius 1 is 1.19 bits per heavy atom. The second-order valence-electron chi connectivity index (χ2n) is 5.71. The van der Waals surface area contributed by atoms with E-state index in [1.807, 2.05) is 0 Å². The molecule has 6 nitrogen and oxygen atoms in total. The number of rotatable bonds is 7. The zero-order valence-corrected chi connectivity index (χ0v) is 15.6. The number of nitrogens with one attached hydrogen (secondary N) is 1. The summed E-state index contributed by atoms with van der Waals surface area (Å²) in [7, 11) is -1.91. The van der Waals surface area contributed by atoms with Crippen LogP contribution in [-0.2, 0) is 14.8 Å². The number of sulfonamides is 1. The van der Waals surface area contributed by atoms with Crippen LogP contribution in [0.4, 0.5) is 15.8 Å². The van der Waals surface area contributed by atoms with E-state index in [0.717, 1.165) is 10.6 Å². The normalized spacial score (nSPS) is 12.3. The smallest absolute Gasteiger partial charge is 0.265 e. The molecule has 0 aliphatic carbocycles. The number of hydrogen-bond acceptors (Lipinski definition) is 4. The van der Waals surface area contributed by atoms with Crippen molar-refractivity contribution in [3.63, 3.8) is 0 Å². The SMILES string of the molecule is CC[C@H](Oc1ccc(N(C)S(C)(=O)=O)cc1)C(=O)Nc1ccccc1F. The highest BCUT2D eigenvalue weighted by Crippen LogP contribution is 2.22. The molecule has 8 heteroatoms. The summed E-state index contributed by atoms with van der Waals surface area (Å²) in [6.45, 7) is 1.78. The number of hydrogen-bond donors (Lipinski definition) is 1. The number of carbonyl (C=O) groups excluding carboxylic acids is 1. The molecule has 0 spiro atoms. The third-order valence-corrected chi connectivity index (χ3v) is 4.98. The Morgan fingerprint density at radius 3 is 2.35 bits per heavy atom. The van der Waals surface area contributed by atoms with Crippen molar-refractivity contribution in [2.75, 3.05) is 22.9 Å². The maximum atomic E-state index is 13.7. The second-order valence-corrected chi connectivity index (χ2v) is 7.72. The molecule has 26 heavy (non-hydrogen) atoms. The van der Waals surface area contributed by atoms with Crippen molar-refractivity contribution < 1.29 is 22.3 Å². The molecule has 2 rings (SSSR count). The van der Waals surface area contributed by atoms with Gasteiger partial charge in [-0.3, -0.25) is 9.10 Å². The first-order valence-electron chi connectivity index (χ1n) is 7.98. The van der Waals surface area contributed by atoms with Crippen LogP contribution >= 0.6 is 0 Å². The van der Waals surface area contributed by atoms with Gasteiger partial charge in [-0.1, -0.05) is 19.1 Å². The van der Waals surface area contributed by atoms with Crippen LogP contribution in [0.2, 0.25) is 0 Å². The number of para-hydroxylation sites is 1. The van der Waals surface area contributed by atoms with Gasteiger partial charge in [0.05, 0.1) is 17.6 Å². The topological polar surface area (TPSA) is 75.7 Å². The van der Waals surface area contributed by atoms with E-state index >= 15 is 0 Å². The van der Waals surface area contributed by atoms with Crippen LogP contribution in [0.1, 0.15) is 13.3 Å². The van der Waals surface area contributed by atoms with Crippen LogP contribution in [0.25, 0.3) is 0 Å². The van der Waals surface area contributed by atoms with Crippen molar-refractivity contribution in [1.29, 1.82) is 0 Å². The first kappa shape index (κ1) is 19.7. The number of carbonyl (C=O) groups is 1. The lowest BCUT2D eigenvalue weighted by molar-refractivity contribution is -0.122. The molecule has 0 heterocycles. The Balaban J connectivity index is 2.07. The molecule has 0 fully saturated rings. The minimum atomic E-state index is -3.36. The summed E-state index contributed by atoms with van der Waals surface area (Å²) in [4.78, 5) is 12.3. The molecular formula is C18H21FN2O4S. The first-order chi connectivity index (χ1) is 12.2. The number of amides is 1. The second kappa shape index (κ2) is 8.18. The maximum Gasteiger partial charge on any atom is 0.265 e. The van der Waals surface area contributed by atoms with E-state index in [4.69, 9.17) is 4.74 Å². The summed E-state index contributed by atoms with van der Waals surface area (Å²) in [5.74, 6) is -0.579. The van der Waals surface area contributed by atoms with Crippen molar-refractivity contribution in [3.05, 3.63) is 54.3 Å². The van der Waals surface area contributed by atoms with Gasteiger partial charge in [-0.15, -0.1) is 0 Å². The molecule has 0 saturated carbocycles. The number of benzene rings is 2. The minimum absolute atomic E-state index is 0.0877. The summed E-state index contributed by atoms with van der Waals surface area (Å²) >= 11 is 0. The molecule has 0 radical (unpaired) electrons. The molecule has 0 bridgehead atoms. The Morgan fingerprint density at radius 2 is 1.81 bits per heavy atom. The molecule has 1 N–H and O–H groups in total. The molecule has 0 saturated heterocycles. The predicted molar refractivity (Wildman–Crippen MR) is 99.4 cm³/mol. The minimum Gasteiger partial charge on any atom is -0.481 e. The van der Waals surface area contributed by atoms with E-state index < -0.39 is 27.9 Å². The summed E-state index contributed by atoms with van der Waals surface area (Å²) < 4.78 is 43.5. The van der Waals surface area contributed by atoms with Crippen LogP contribution in [0.5, 0.6) is 5.75 Å². The van der Waals surface area contributed by atoms with Crippen molar-refractivity contribution in [2.24, 2.45) is 0 Å². The number of anilines is 2. The largest absolute Gasteiger partial charge is 0.481 e. The number of ether oxygens (including phenoxy) is 1. The maximum absolute atomic E-state index is 13.7.